The fourth-order valence-electron chi connectivity index (χ4n) is 5.58. The molecule has 0 aromatic heterocycles. The SMILES string of the molecule is COc1cc2cc(c1)C(=O)N[C@H]1CN(C(=O)c3ccccc3-c3ccccc3)C[C@@H]1Oc1ccc(c(OC)c1)CNC(=O)CO2. The predicted octanol–water partition coefficient (Wildman–Crippen LogP) is 4.08. The van der Waals surface area contributed by atoms with Gasteiger partial charge < -0.3 is 34.5 Å². The molecule has 10 heteroatoms. The van der Waals surface area contributed by atoms with E-state index in [1.165, 1.54) is 7.11 Å². The Hall–Kier alpha value is -5.51. The molecule has 0 saturated carbocycles. The predicted molar refractivity (Wildman–Crippen MR) is 167 cm³/mol. The minimum atomic E-state index is -0.575. The second-order valence-electron chi connectivity index (χ2n) is 10.8. The van der Waals surface area contributed by atoms with Crippen molar-refractivity contribution in [2.24, 2.45) is 0 Å². The van der Waals surface area contributed by atoms with Gasteiger partial charge >= 0.3 is 0 Å². The van der Waals surface area contributed by atoms with Gasteiger partial charge in [0.05, 0.1) is 26.8 Å². The molecular weight excluding hydrogens is 574 g/mol. The summed E-state index contributed by atoms with van der Waals surface area (Å²) in [6, 6.07) is 26.8. The highest BCUT2D eigenvalue weighted by atomic mass is 16.5. The van der Waals surface area contributed by atoms with Crippen molar-refractivity contribution in [2.45, 2.75) is 18.7 Å². The van der Waals surface area contributed by atoms with Crippen LogP contribution < -0.4 is 29.6 Å². The second kappa shape index (κ2) is 13.0. The zero-order chi connectivity index (χ0) is 31.3. The van der Waals surface area contributed by atoms with Gasteiger partial charge in [0, 0.05) is 41.9 Å². The molecule has 0 radical (unpaired) electrons. The highest BCUT2D eigenvalue weighted by molar-refractivity contribution is 6.01. The summed E-state index contributed by atoms with van der Waals surface area (Å²) in [4.78, 5) is 41.9. The highest BCUT2D eigenvalue weighted by Crippen LogP contribution is 2.30. The topological polar surface area (TPSA) is 115 Å². The minimum Gasteiger partial charge on any atom is -0.497 e. The number of fused-ring (bicyclic) bond motifs is 7. The van der Waals surface area contributed by atoms with E-state index in [9.17, 15) is 14.4 Å². The molecule has 7 rings (SSSR count). The Morgan fingerprint density at radius 2 is 1.64 bits per heavy atom. The Labute approximate surface area is 260 Å². The summed E-state index contributed by atoms with van der Waals surface area (Å²) in [5.41, 5.74) is 3.35. The van der Waals surface area contributed by atoms with E-state index in [-0.39, 0.29) is 43.6 Å². The van der Waals surface area contributed by atoms with Crippen LogP contribution in [0.25, 0.3) is 11.1 Å². The third kappa shape index (κ3) is 6.54. The number of benzene rings is 4. The molecule has 0 unspecified atom stereocenters. The maximum absolute atomic E-state index is 14.0. The Morgan fingerprint density at radius 3 is 2.44 bits per heavy atom. The zero-order valence-electron chi connectivity index (χ0n) is 24.9. The number of likely N-dealkylation sites (tertiary alicyclic amines) is 1. The van der Waals surface area contributed by atoms with Crippen molar-refractivity contribution in [3.63, 3.8) is 0 Å². The van der Waals surface area contributed by atoms with Crippen LogP contribution in [0, 0.1) is 0 Å². The van der Waals surface area contributed by atoms with Crippen LogP contribution in [0.1, 0.15) is 26.3 Å². The van der Waals surface area contributed by atoms with Crippen LogP contribution in [0.2, 0.25) is 0 Å². The van der Waals surface area contributed by atoms with Gasteiger partial charge in [0.25, 0.3) is 17.7 Å². The lowest BCUT2D eigenvalue weighted by atomic mass is 9.99. The lowest BCUT2D eigenvalue weighted by Gasteiger charge is -2.22. The number of ether oxygens (including phenoxy) is 4. The molecule has 3 amide bonds. The van der Waals surface area contributed by atoms with Crippen LogP contribution >= 0.6 is 0 Å². The van der Waals surface area contributed by atoms with Crippen molar-refractivity contribution in [3.05, 3.63) is 108 Å². The van der Waals surface area contributed by atoms with Crippen LogP contribution in [0.5, 0.6) is 23.0 Å². The molecule has 3 aliphatic rings. The van der Waals surface area contributed by atoms with E-state index in [4.69, 9.17) is 18.9 Å². The van der Waals surface area contributed by atoms with Crippen molar-refractivity contribution >= 4 is 17.7 Å². The van der Waals surface area contributed by atoms with Gasteiger partial charge in [0.15, 0.2) is 6.61 Å². The number of hydrogen-bond acceptors (Lipinski definition) is 7. The maximum atomic E-state index is 14.0. The molecule has 0 spiro atoms. The summed E-state index contributed by atoms with van der Waals surface area (Å²) in [7, 11) is 3.03. The first-order valence-electron chi connectivity index (χ1n) is 14.6. The van der Waals surface area contributed by atoms with Crippen LogP contribution in [0.4, 0.5) is 0 Å². The summed E-state index contributed by atoms with van der Waals surface area (Å²) < 4.78 is 23.1. The van der Waals surface area contributed by atoms with Gasteiger partial charge in [0.2, 0.25) is 0 Å². The van der Waals surface area contributed by atoms with Crippen LogP contribution in [-0.2, 0) is 11.3 Å². The lowest BCUT2D eigenvalue weighted by Crippen LogP contribution is -2.45. The maximum Gasteiger partial charge on any atom is 0.258 e. The molecule has 4 aromatic carbocycles. The van der Waals surface area contributed by atoms with E-state index in [1.54, 1.807) is 42.3 Å². The summed E-state index contributed by atoms with van der Waals surface area (Å²) in [5.74, 6) is 0.810. The molecule has 2 N–H and O–H groups in total. The third-order valence-electron chi connectivity index (χ3n) is 7.88. The molecule has 10 nitrogen and oxygen atoms in total. The average Bonchev–Trinajstić information content (AvgIpc) is 3.47. The van der Waals surface area contributed by atoms with E-state index < -0.39 is 18.1 Å². The van der Waals surface area contributed by atoms with Crippen LogP contribution in [-0.4, -0.2) is 68.7 Å². The summed E-state index contributed by atoms with van der Waals surface area (Å²) in [6.45, 7) is 0.410. The zero-order valence-corrected chi connectivity index (χ0v) is 24.9. The quantitative estimate of drug-likeness (QED) is 0.359. The Morgan fingerprint density at radius 1 is 0.844 bits per heavy atom. The van der Waals surface area contributed by atoms with E-state index in [0.29, 0.717) is 28.6 Å². The van der Waals surface area contributed by atoms with E-state index >= 15 is 0 Å². The molecule has 45 heavy (non-hydrogen) atoms. The number of methoxy groups -OCH3 is 2. The van der Waals surface area contributed by atoms with Crippen molar-refractivity contribution in [3.8, 4) is 34.1 Å². The van der Waals surface area contributed by atoms with Crippen molar-refractivity contribution < 1.29 is 33.3 Å². The number of carbonyl (C=O) groups is 3. The fraction of sp³-hybridized carbons (Fsp3) is 0.229. The monoisotopic (exact) mass is 607 g/mol. The molecule has 0 aliphatic carbocycles. The Kier molecular flexibility index (Phi) is 8.54. The van der Waals surface area contributed by atoms with E-state index in [2.05, 4.69) is 10.6 Å². The fourth-order valence-corrected chi connectivity index (χ4v) is 5.58. The van der Waals surface area contributed by atoms with Gasteiger partial charge in [0.1, 0.15) is 29.1 Å². The number of rotatable bonds is 4. The van der Waals surface area contributed by atoms with Crippen molar-refractivity contribution in [1.29, 1.82) is 0 Å². The van der Waals surface area contributed by atoms with Gasteiger partial charge in [-0.3, -0.25) is 14.4 Å². The molecular formula is C35H33N3O7. The van der Waals surface area contributed by atoms with Gasteiger partial charge in [-0.15, -0.1) is 0 Å². The number of amides is 3. The summed E-state index contributed by atoms with van der Waals surface area (Å²) >= 11 is 0. The van der Waals surface area contributed by atoms with Gasteiger partial charge in [-0.25, -0.2) is 0 Å². The lowest BCUT2D eigenvalue weighted by molar-refractivity contribution is -0.123. The highest BCUT2D eigenvalue weighted by Gasteiger charge is 2.39. The molecule has 4 aromatic rings. The van der Waals surface area contributed by atoms with Gasteiger partial charge in [-0.2, -0.15) is 0 Å². The Bertz CT molecular complexity index is 1730. The molecule has 3 aliphatic heterocycles. The van der Waals surface area contributed by atoms with Gasteiger partial charge in [-0.1, -0.05) is 48.5 Å². The Balaban J connectivity index is 1.34. The number of nitrogens with one attached hydrogen (secondary N) is 2. The standard InChI is InChI=1S/C35H33N3O7/c1-42-26-14-24-15-27(16-26)44-21-33(39)36-18-23-12-13-25(17-31(23)43-2)45-32-20-38(19-30(32)37-34(24)40)35(41)29-11-7-6-10-28(29)22-8-4-3-5-9-22/h3-17,30,32H,18-21H2,1-2H3,(H,36,39)(H,37,40)/t30-,32-/m0/s1. The largest absolute Gasteiger partial charge is 0.497 e. The normalized spacial score (nSPS) is 18.0. The van der Waals surface area contributed by atoms with E-state index in [0.717, 1.165) is 16.7 Å². The second-order valence-corrected chi connectivity index (χ2v) is 10.8. The van der Waals surface area contributed by atoms with Gasteiger partial charge in [-0.05, 0) is 41.5 Å². The van der Waals surface area contributed by atoms with Crippen LogP contribution in [0.15, 0.2) is 91.0 Å². The first-order chi connectivity index (χ1) is 21.9. The van der Waals surface area contributed by atoms with Crippen molar-refractivity contribution in [2.75, 3.05) is 33.9 Å². The smallest absolute Gasteiger partial charge is 0.258 e. The molecule has 230 valence electrons. The summed E-state index contributed by atoms with van der Waals surface area (Å²) in [5, 5.41) is 5.89. The minimum absolute atomic E-state index is 0.164. The number of carbonyl (C=O) groups excluding carboxylic acids is 3. The first kappa shape index (κ1) is 29.6. The molecule has 1 fully saturated rings. The van der Waals surface area contributed by atoms with Crippen LogP contribution in [0.3, 0.4) is 0 Å². The molecule has 2 atom stereocenters. The summed E-state index contributed by atoms with van der Waals surface area (Å²) in [6.07, 6.45) is -0.575. The third-order valence-corrected chi connectivity index (χ3v) is 7.88. The molecule has 1 saturated heterocycles. The van der Waals surface area contributed by atoms with Crippen molar-refractivity contribution in [1.82, 2.24) is 15.5 Å². The molecule has 3 heterocycles. The number of nitrogens with zero attached hydrogens (tertiary/aromatic N) is 1. The average molecular weight is 608 g/mol. The molecule has 4 bridgehead atoms. The van der Waals surface area contributed by atoms with E-state index in [1.807, 2.05) is 60.7 Å². The first-order valence-corrected chi connectivity index (χ1v) is 14.6. The number of hydrogen-bond donors (Lipinski definition) is 2.